The van der Waals surface area contributed by atoms with Crippen LogP contribution in [0.2, 0.25) is 0 Å². The number of carbonyl (C=O) groups is 1. The topological polar surface area (TPSA) is 75.8 Å². The molecule has 2 unspecified atom stereocenters. The first kappa shape index (κ1) is 10.4. The average Bonchev–Trinajstić information content (AvgIpc) is 2.45. The van der Waals surface area contributed by atoms with E-state index < -0.39 is 6.04 Å². The molecule has 1 rings (SSSR count). The number of hydrogen-bond donors (Lipinski definition) is 2. The molecule has 0 aliphatic carbocycles. The quantitative estimate of drug-likeness (QED) is 0.566. The minimum Gasteiger partial charge on any atom is -0.394 e. The molecule has 1 amide bonds. The Hall–Kier alpha value is -0.650. The molecule has 0 aromatic rings. The van der Waals surface area contributed by atoms with Crippen LogP contribution in [0.1, 0.15) is 6.42 Å². The molecule has 5 nitrogen and oxygen atoms in total. The van der Waals surface area contributed by atoms with Gasteiger partial charge in [-0.05, 0) is 6.42 Å². The van der Waals surface area contributed by atoms with Gasteiger partial charge in [0.25, 0.3) is 0 Å². The van der Waals surface area contributed by atoms with Crippen molar-refractivity contribution in [2.75, 3.05) is 26.9 Å². The number of amides is 1. The lowest BCUT2D eigenvalue weighted by Gasteiger charge is -2.25. The Morgan fingerprint density at radius 2 is 2.54 bits per heavy atom. The number of nitrogens with zero attached hydrogens (tertiary/aromatic N) is 1. The van der Waals surface area contributed by atoms with Gasteiger partial charge in [-0.3, -0.25) is 4.79 Å². The van der Waals surface area contributed by atoms with E-state index in [9.17, 15) is 4.79 Å². The summed E-state index contributed by atoms with van der Waals surface area (Å²) in [7, 11) is 1.54. The van der Waals surface area contributed by atoms with Crippen LogP contribution < -0.4 is 5.73 Å². The van der Waals surface area contributed by atoms with Gasteiger partial charge in [-0.25, -0.2) is 0 Å². The lowest BCUT2D eigenvalue weighted by molar-refractivity contribution is -0.132. The van der Waals surface area contributed by atoms with Crippen LogP contribution in [-0.2, 0) is 9.53 Å². The fourth-order valence-corrected chi connectivity index (χ4v) is 1.52. The number of methoxy groups -OCH3 is 1. The second-order valence-electron chi connectivity index (χ2n) is 3.22. The number of carbonyl (C=O) groups excluding carboxylic acids is 1. The zero-order valence-electron chi connectivity index (χ0n) is 7.77. The molecule has 0 radical (unpaired) electrons. The van der Waals surface area contributed by atoms with Crippen LogP contribution in [0.4, 0.5) is 0 Å². The third kappa shape index (κ3) is 2.18. The Labute approximate surface area is 77.5 Å². The van der Waals surface area contributed by atoms with Gasteiger partial charge < -0.3 is 20.5 Å². The fourth-order valence-electron chi connectivity index (χ4n) is 1.52. The van der Waals surface area contributed by atoms with Crippen molar-refractivity contribution < 1.29 is 14.6 Å². The molecule has 1 saturated heterocycles. The first-order chi connectivity index (χ1) is 6.20. The summed E-state index contributed by atoms with van der Waals surface area (Å²) >= 11 is 0. The summed E-state index contributed by atoms with van der Waals surface area (Å²) in [4.78, 5) is 13.0. The monoisotopic (exact) mass is 188 g/mol. The molecule has 1 aliphatic rings. The van der Waals surface area contributed by atoms with Crippen LogP contribution in [-0.4, -0.2) is 54.9 Å². The van der Waals surface area contributed by atoms with Gasteiger partial charge in [0.05, 0.1) is 25.3 Å². The summed E-state index contributed by atoms with van der Waals surface area (Å²) in [5.41, 5.74) is 5.54. The predicted molar refractivity (Wildman–Crippen MR) is 47.1 cm³/mol. The van der Waals surface area contributed by atoms with Crippen LogP contribution >= 0.6 is 0 Å². The summed E-state index contributed by atoms with van der Waals surface area (Å²) in [6, 6.07) is -0.642. The van der Waals surface area contributed by atoms with Crippen molar-refractivity contribution in [1.82, 2.24) is 4.90 Å². The summed E-state index contributed by atoms with van der Waals surface area (Å²) in [6.45, 7) is 0.899. The van der Waals surface area contributed by atoms with Crippen LogP contribution in [0, 0.1) is 0 Å². The van der Waals surface area contributed by atoms with Crippen LogP contribution in [0.15, 0.2) is 0 Å². The minimum atomic E-state index is -0.397. The van der Waals surface area contributed by atoms with E-state index in [0.29, 0.717) is 19.6 Å². The van der Waals surface area contributed by atoms with Gasteiger partial charge in [0.2, 0.25) is 5.91 Å². The highest BCUT2D eigenvalue weighted by atomic mass is 16.5. The molecular formula is C8H16N2O3. The predicted octanol–water partition coefficient (Wildman–Crippen LogP) is -1.45. The highest BCUT2D eigenvalue weighted by Crippen LogP contribution is 2.12. The molecule has 0 bridgehead atoms. The van der Waals surface area contributed by atoms with Crippen molar-refractivity contribution >= 4 is 5.91 Å². The van der Waals surface area contributed by atoms with Crippen molar-refractivity contribution in [2.24, 2.45) is 5.73 Å². The summed E-state index contributed by atoms with van der Waals surface area (Å²) in [6.07, 6.45) is 0.666. The summed E-state index contributed by atoms with van der Waals surface area (Å²) in [5, 5.41) is 9.01. The molecule has 76 valence electrons. The zero-order valence-corrected chi connectivity index (χ0v) is 7.77. The third-order valence-electron chi connectivity index (χ3n) is 2.29. The molecule has 13 heavy (non-hydrogen) atoms. The van der Waals surface area contributed by atoms with E-state index in [1.54, 1.807) is 12.0 Å². The molecule has 0 aromatic carbocycles. The van der Waals surface area contributed by atoms with Crippen molar-refractivity contribution in [3.63, 3.8) is 0 Å². The van der Waals surface area contributed by atoms with Crippen molar-refractivity contribution in [3.05, 3.63) is 0 Å². The Kier molecular flexibility index (Phi) is 3.65. The molecule has 0 aromatic heterocycles. The van der Waals surface area contributed by atoms with E-state index in [4.69, 9.17) is 15.6 Å². The Bertz CT molecular complexity index is 186. The summed E-state index contributed by atoms with van der Waals surface area (Å²) < 4.78 is 4.90. The minimum absolute atomic E-state index is 0.0771. The highest BCUT2D eigenvalue weighted by Gasteiger charge is 2.33. The maximum atomic E-state index is 11.4. The number of rotatable bonds is 4. The maximum absolute atomic E-state index is 11.4. The molecule has 1 aliphatic heterocycles. The standard InChI is InChI=1S/C8H16N2O3/c1-13-5-6(4-11)10-3-2-7(9)8(10)12/h6-7,11H,2-5,9H2,1H3. The van der Waals surface area contributed by atoms with E-state index in [-0.39, 0.29) is 18.6 Å². The highest BCUT2D eigenvalue weighted by molar-refractivity contribution is 5.84. The van der Waals surface area contributed by atoms with Gasteiger partial charge in [0.15, 0.2) is 0 Å². The van der Waals surface area contributed by atoms with Gasteiger partial charge in [-0.15, -0.1) is 0 Å². The van der Waals surface area contributed by atoms with Crippen molar-refractivity contribution in [2.45, 2.75) is 18.5 Å². The number of nitrogens with two attached hydrogens (primary N) is 1. The van der Waals surface area contributed by atoms with E-state index >= 15 is 0 Å². The summed E-state index contributed by atoms with van der Waals surface area (Å²) in [5.74, 6) is -0.0869. The molecular weight excluding hydrogens is 172 g/mol. The van der Waals surface area contributed by atoms with Gasteiger partial charge in [0, 0.05) is 13.7 Å². The van der Waals surface area contributed by atoms with Gasteiger partial charge >= 0.3 is 0 Å². The molecule has 0 saturated carbocycles. The van der Waals surface area contributed by atoms with Gasteiger partial charge in [-0.2, -0.15) is 0 Å². The van der Waals surface area contributed by atoms with E-state index in [1.165, 1.54) is 0 Å². The Balaban J connectivity index is 2.54. The first-order valence-corrected chi connectivity index (χ1v) is 4.36. The normalized spacial score (nSPS) is 25.3. The number of hydrogen-bond acceptors (Lipinski definition) is 4. The second-order valence-corrected chi connectivity index (χ2v) is 3.22. The van der Waals surface area contributed by atoms with E-state index in [0.717, 1.165) is 0 Å². The maximum Gasteiger partial charge on any atom is 0.239 e. The third-order valence-corrected chi connectivity index (χ3v) is 2.29. The molecule has 3 N–H and O–H groups in total. The molecule has 1 fully saturated rings. The van der Waals surface area contributed by atoms with Gasteiger partial charge in [0.1, 0.15) is 0 Å². The second kappa shape index (κ2) is 4.55. The fraction of sp³-hybridized carbons (Fsp3) is 0.875. The molecule has 1 heterocycles. The number of likely N-dealkylation sites (tertiary alicyclic amines) is 1. The first-order valence-electron chi connectivity index (χ1n) is 4.36. The van der Waals surface area contributed by atoms with Crippen LogP contribution in [0.3, 0.4) is 0 Å². The molecule has 5 heteroatoms. The Morgan fingerprint density at radius 3 is 2.92 bits per heavy atom. The smallest absolute Gasteiger partial charge is 0.239 e. The van der Waals surface area contributed by atoms with Crippen molar-refractivity contribution in [3.8, 4) is 0 Å². The SMILES string of the molecule is COCC(CO)N1CCC(N)C1=O. The van der Waals surface area contributed by atoms with E-state index in [1.807, 2.05) is 0 Å². The average molecular weight is 188 g/mol. The zero-order chi connectivity index (χ0) is 9.84. The number of aliphatic hydroxyl groups excluding tert-OH is 1. The van der Waals surface area contributed by atoms with E-state index in [2.05, 4.69) is 0 Å². The Morgan fingerprint density at radius 1 is 1.85 bits per heavy atom. The number of aliphatic hydroxyl groups is 1. The van der Waals surface area contributed by atoms with Gasteiger partial charge in [-0.1, -0.05) is 0 Å². The van der Waals surface area contributed by atoms with Crippen LogP contribution in [0.25, 0.3) is 0 Å². The lowest BCUT2D eigenvalue weighted by Crippen LogP contribution is -2.44. The lowest BCUT2D eigenvalue weighted by atomic mass is 10.3. The van der Waals surface area contributed by atoms with Crippen LogP contribution in [0.5, 0.6) is 0 Å². The largest absolute Gasteiger partial charge is 0.394 e. The molecule has 2 atom stereocenters. The molecule has 0 spiro atoms. The van der Waals surface area contributed by atoms with Crippen molar-refractivity contribution in [1.29, 1.82) is 0 Å². The number of ether oxygens (including phenoxy) is 1.